The van der Waals surface area contributed by atoms with E-state index in [-0.39, 0.29) is 0 Å². The number of nitrogen functional groups attached to an aromatic ring is 1. The van der Waals surface area contributed by atoms with Crippen molar-refractivity contribution in [1.82, 2.24) is 9.55 Å². The Morgan fingerprint density at radius 2 is 1.52 bits per heavy atom. The molecule has 3 heterocycles. The van der Waals surface area contributed by atoms with Gasteiger partial charge in [-0.3, -0.25) is 9.98 Å². The Morgan fingerprint density at radius 1 is 0.900 bits per heavy atom. The second-order valence-corrected chi connectivity index (χ2v) is 8.65. The first-order chi connectivity index (χ1) is 19.7. The predicted octanol–water partition coefficient (Wildman–Crippen LogP) is 8.17. The minimum atomic E-state index is 0.563. The van der Waals surface area contributed by atoms with Gasteiger partial charge >= 0.3 is 0 Å². The average Bonchev–Trinajstić information content (AvgIpc) is 3.54. The third kappa shape index (κ3) is 5.76. The molecule has 2 aromatic heterocycles. The predicted molar refractivity (Wildman–Crippen MR) is 172 cm³/mol. The van der Waals surface area contributed by atoms with Gasteiger partial charge in [-0.25, -0.2) is 0 Å². The number of aromatic nitrogens is 2. The van der Waals surface area contributed by atoms with Crippen molar-refractivity contribution in [2.45, 2.75) is 13.8 Å². The SMILES string of the molecule is C=N/C=C(\C=N)n1c(/C=C2\CN(c3ccccc3)c3ccccc32)c(N)c2ncccc21.CC.c1ccccc1. The number of fused-ring (bicyclic) bond motifs is 2. The highest BCUT2D eigenvalue weighted by molar-refractivity contribution is 6.09. The second-order valence-electron chi connectivity index (χ2n) is 8.65. The number of rotatable bonds is 5. The fourth-order valence-electron chi connectivity index (χ4n) is 4.66. The van der Waals surface area contributed by atoms with Crippen molar-refractivity contribution in [2.75, 3.05) is 17.2 Å². The molecule has 0 bridgehead atoms. The second kappa shape index (κ2) is 13.5. The van der Waals surface area contributed by atoms with Gasteiger partial charge in [0.15, 0.2) is 0 Å². The fourth-order valence-corrected chi connectivity index (χ4v) is 4.66. The molecule has 3 N–H and O–H groups in total. The number of aliphatic imine (C=N–C) groups is 1. The summed E-state index contributed by atoms with van der Waals surface area (Å²) in [6, 6.07) is 34.5. The van der Waals surface area contributed by atoms with E-state index >= 15 is 0 Å². The zero-order chi connectivity index (χ0) is 28.3. The van der Waals surface area contributed by atoms with Gasteiger partial charge in [0, 0.05) is 35.9 Å². The Balaban J connectivity index is 0.000000404. The summed E-state index contributed by atoms with van der Waals surface area (Å²) in [6.45, 7) is 8.26. The third-order valence-corrected chi connectivity index (χ3v) is 6.34. The molecule has 1 aliphatic rings. The molecule has 40 heavy (non-hydrogen) atoms. The highest BCUT2D eigenvalue weighted by atomic mass is 15.2. The van der Waals surface area contributed by atoms with Crippen molar-refractivity contribution in [3.8, 4) is 0 Å². The molecule has 0 spiro atoms. The minimum Gasteiger partial charge on any atom is -0.395 e. The molecule has 0 amide bonds. The number of anilines is 3. The molecule has 200 valence electrons. The number of allylic oxidation sites excluding steroid dienone is 1. The van der Waals surface area contributed by atoms with Crippen LogP contribution in [0.3, 0.4) is 0 Å². The molecule has 0 atom stereocenters. The van der Waals surface area contributed by atoms with Gasteiger partial charge in [-0.05, 0) is 48.7 Å². The van der Waals surface area contributed by atoms with E-state index in [2.05, 4.69) is 58.0 Å². The largest absolute Gasteiger partial charge is 0.395 e. The van der Waals surface area contributed by atoms with Crippen LogP contribution in [0.25, 0.3) is 28.4 Å². The summed E-state index contributed by atoms with van der Waals surface area (Å²) < 4.78 is 1.92. The van der Waals surface area contributed by atoms with E-state index in [1.807, 2.05) is 91.2 Å². The molecule has 0 unspecified atom stereocenters. The molecule has 0 saturated heterocycles. The molecule has 0 aliphatic carbocycles. The summed E-state index contributed by atoms with van der Waals surface area (Å²) in [5.74, 6) is 0. The van der Waals surface area contributed by atoms with Gasteiger partial charge in [0.2, 0.25) is 0 Å². The van der Waals surface area contributed by atoms with Crippen LogP contribution in [0.1, 0.15) is 25.1 Å². The van der Waals surface area contributed by atoms with Gasteiger partial charge < -0.3 is 20.6 Å². The number of pyridine rings is 1. The van der Waals surface area contributed by atoms with Crippen molar-refractivity contribution < 1.29 is 0 Å². The zero-order valence-corrected chi connectivity index (χ0v) is 22.9. The first kappa shape index (κ1) is 27.8. The van der Waals surface area contributed by atoms with Crippen LogP contribution in [0.4, 0.5) is 17.1 Å². The lowest BCUT2D eigenvalue weighted by Crippen LogP contribution is -2.12. The van der Waals surface area contributed by atoms with Crippen LogP contribution >= 0.6 is 0 Å². The maximum absolute atomic E-state index is 7.94. The van der Waals surface area contributed by atoms with Crippen LogP contribution in [0.15, 0.2) is 121 Å². The van der Waals surface area contributed by atoms with Gasteiger partial charge in [0.05, 0.1) is 28.8 Å². The summed E-state index contributed by atoms with van der Waals surface area (Å²) in [6.07, 6.45) is 6.63. The monoisotopic (exact) mass is 526 g/mol. The molecule has 5 aromatic rings. The molecule has 0 saturated carbocycles. The number of nitrogens with zero attached hydrogens (tertiary/aromatic N) is 4. The van der Waals surface area contributed by atoms with E-state index < -0.39 is 0 Å². The Labute approximate surface area is 236 Å². The van der Waals surface area contributed by atoms with Gasteiger partial charge in [-0.1, -0.05) is 86.6 Å². The van der Waals surface area contributed by atoms with Crippen LogP contribution in [-0.4, -0.2) is 29.0 Å². The van der Waals surface area contributed by atoms with Gasteiger partial charge in [0.25, 0.3) is 0 Å². The minimum absolute atomic E-state index is 0.563. The van der Waals surface area contributed by atoms with E-state index in [9.17, 15) is 0 Å². The van der Waals surface area contributed by atoms with Gasteiger partial charge in [-0.15, -0.1) is 0 Å². The summed E-state index contributed by atoms with van der Waals surface area (Å²) >= 11 is 0. The fraction of sp³-hybridized carbons (Fsp3) is 0.0882. The lowest BCUT2D eigenvalue weighted by atomic mass is 10.1. The number of nitrogens with one attached hydrogen (secondary N) is 1. The molecule has 3 aromatic carbocycles. The average molecular weight is 527 g/mol. The number of nitrogens with two attached hydrogens (primary N) is 1. The molecule has 6 heteroatoms. The molecular weight excluding hydrogens is 492 g/mol. The van der Waals surface area contributed by atoms with E-state index in [1.54, 1.807) is 12.4 Å². The Hall–Kier alpha value is -5.23. The van der Waals surface area contributed by atoms with Crippen LogP contribution < -0.4 is 10.6 Å². The normalized spacial score (nSPS) is 13.1. The Kier molecular flexibility index (Phi) is 9.40. The van der Waals surface area contributed by atoms with E-state index in [4.69, 9.17) is 11.1 Å². The van der Waals surface area contributed by atoms with Crippen molar-refractivity contribution in [3.05, 3.63) is 127 Å². The summed E-state index contributed by atoms with van der Waals surface area (Å²) in [4.78, 5) is 10.7. The summed E-state index contributed by atoms with van der Waals surface area (Å²) in [5, 5.41) is 7.94. The molecule has 6 nitrogen and oxygen atoms in total. The first-order valence-corrected chi connectivity index (χ1v) is 13.3. The quantitative estimate of drug-likeness (QED) is 0.227. The summed E-state index contributed by atoms with van der Waals surface area (Å²) in [5.41, 5.74) is 14.6. The van der Waals surface area contributed by atoms with Crippen LogP contribution in [0.5, 0.6) is 0 Å². The standard InChI is InChI=1S/C26H22N6.C6H6.C2H6/c1-29-16-20(15-27)32-23-12-7-13-30-26(23)25(28)24(32)14-18-17-31(19-8-3-2-4-9-19)22-11-6-5-10-21(18)22;1-2-4-6-5-3-1;1-2/h2-16,27H,1,17,28H2;1-6H;1-2H3/b18-14+,20-16+,27-15?;;. The topological polar surface area (TPSA) is 83.3 Å². The Morgan fingerprint density at radius 3 is 2.17 bits per heavy atom. The highest BCUT2D eigenvalue weighted by Gasteiger charge is 2.26. The van der Waals surface area contributed by atoms with Crippen LogP contribution in [0.2, 0.25) is 0 Å². The number of para-hydroxylation sites is 2. The number of benzene rings is 3. The van der Waals surface area contributed by atoms with Crippen molar-refractivity contribution in [2.24, 2.45) is 4.99 Å². The smallest absolute Gasteiger partial charge is 0.112 e. The van der Waals surface area contributed by atoms with Crippen molar-refractivity contribution in [1.29, 1.82) is 5.41 Å². The van der Waals surface area contributed by atoms with Gasteiger partial charge in [0.1, 0.15) is 5.52 Å². The third-order valence-electron chi connectivity index (χ3n) is 6.34. The van der Waals surface area contributed by atoms with Gasteiger partial charge in [-0.2, -0.15) is 0 Å². The molecule has 0 radical (unpaired) electrons. The maximum Gasteiger partial charge on any atom is 0.112 e. The van der Waals surface area contributed by atoms with Crippen molar-refractivity contribution in [3.63, 3.8) is 0 Å². The first-order valence-electron chi connectivity index (χ1n) is 13.3. The highest BCUT2D eigenvalue weighted by Crippen LogP contribution is 2.42. The molecular formula is C34H34N6. The zero-order valence-electron chi connectivity index (χ0n) is 22.9. The van der Waals surface area contributed by atoms with Crippen LogP contribution in [0, 0.1) is 5.41 Å². The van der Waals surface area contributed by atoms with E-state index in [1.165, 1.54) is 6.21 Å². The molecule has 1 aliphatic heterocycles. The maximum atomic E-state index is 7.94. The van der Waals surface area contributed by atoms with E-state index in [0.29, 0.717) is 23.4 Å². The summed E-state index contributed by atoms with van der Waals surface area (Å²) in [7, 11) is 0. The molecule has 0 fully saturated rings. The Bertz CT molecular complexity index is 1600. The molecule has 6 rings (SSSR count). The van der Waals surface area contributed by atoms with Crippen molar-refractivity contribution >= 4 is 58.4 Å². The van der Waals surface area contributed by atoms with Crippen LogP contribution in [-0.2, 0) is 0 Å². The van der Waals surface area contributed by atoms with E-state index in [0.717, 1.165) is 33.7 Å². The number of hydrogen-bond donors (Lipinski definition) is 2. The lowest BCUT2D eigenvalue weighted by Gasteiger charge is -2.19. The number of hydrogen-bond acceptors (Lipinski definition) is 5. The lowest BCUT2D eigenvalue weighted by molar-refractivity contribution is 1.15.